The van der Waals surface area contributed by atoms with Gasteiger partial charge in [-0.2, -0.15) is 0 Å². The van der Waals surface area contributed by atoms with Gasteiger partial charge in [0.05, 0.1) is 24.5 Å². The van der Waals surface area contributed by atoms with Crippen molar-refractivity contribution in [3.8, 4) is 0 Å². The van der Waals surface area contributed by atoms with Crippen LogP contribution in [0.1, 0.15) is 174 Å². The van der Waals surface area contributed by atoms with Crippen molar-refractivity contribution in [2.45, 2.75) is 198 Å². The maximum absolute atomic E-state index is 14.4. The van der Waals surface area contributed by atoms with Crippen molar-refractivity contribution < 1.29 is 38.5 Å². The SMILES string of the molecule is CC(C)C1=C2[C@H]3CC[C@@H]4[C@@]5(C)CC[C@H](OC(=O)CC(C)(C)C(=O)OC(C)(C)C)C(C)(C)[C@@H]5CC[C@@]4(C)[C@]3(C)CC[C@@]2(C(O)CN(Cc2ccc(Cl)cc2)C(=O)OC(C)(C)C)CC1=O. The number of ketones is 1. The third-order valence-corrected chi connectivity index (χ3v) is 17.5. The Labute approximate surface area is 384 Å². The molecule has 1 N–H and O–H groups in total. The zero-order valence-electron chi connectivity index (χ0n) is 41.4. The maximum atomic E-state index is 14.4. The highest BCUT2D eigenvalue weighted by Crippen LogP contribution is 2.77. The van der Waals surface area contributed by atoms with E-state index >= 15 is 0 Å². The molecule has 352 valence electrons. The van der Waals surface area contributed by atoms with Crippen LogP contribution in [0, 0.1) is 56.2 Å². The Balaban J connectivity index is 1.27. The Hall–Kier alpha value is -2.91. The number of carbonyl (C=O) groups is 4. The number of amides is 1. The molecule has 0 aromatic heterocycles. The van der Waals surface area contributed by atoms with Crippen LogP contribution in [0.5, 0.6) is 0 Å². The van der Waals surface area contributed by atoms with Crippen LogP contribution in [-0.4, -0.2) is 63.8 Å². The number of nitrogens with zero attached hydrogens (tertiary/aromatic N) is 1. The number of hydrogen-bond donors (Lipinski definition) is 1. The van der Waals surface area contributed by atoms with E-state index in [0.717, 1.165) is 61.7 Å². The molecule has 0 radical (unpaired) electrons. The molecule has 1 aromatic rings. The average molecular weight is 895 g/mol. The number of carbonyl (C=O) groups excluding carboxylic acids is 4. The van der Waals surface area contributed by atoms with Gasteiger partial charge in [0.15, 0.2) is 5.78 Å². The Morgan fingerprint density at radius 1 is 0.810 bits per heavy atom. The van der Waals surface area contributed by atoms with Gasteiger partial charge in [-0.25, -0.2) is 4.79 Å². The molecular formula is C53H80ClNO8. The van der Waals surface area contributed by atoms with Crippen molar-refractivity contribution in [2.75, 3.05) is 6.54 Å². The minimum absolute atomic E-state index is 0.00670. The fourth-order valence-electron chi connectivity index (χ4n) is 14.0. The highest BCUT2D eigenvalue weighted by Gasteiger charge is 2.71. The van der Waals surface area contributed by atoms with Crippen molar-refractivity contribution in [1.82, 2.24) is 4.90 Å². The number of ether oxygens (including phenoxy) is 3. The fourth-order valence-corrected chi connectivity index (χ4v) is 14.2. The summed E-state index contributed by atoms with van der Waals surface area (Å²) in [5, 5.41) is 13.3. The molecule has 4 saturated carbocycles. The quantitative estimate of drug-likeness (QED) is 0.182. The third-order valence-electron chi connectivity index (χ3n) is 17.2. The molecule has 5 aliphatic carbocycles. The van der Waals surface area contributed by atoms with Crippen LogP contribution in [0.3, 0.4) is 0 Å². The molecule has 0 bridgehead atoms. The molecule has 1 amide bonds. The number of rotatable bonds is 10. The molecule has 6 rings (SSSR count). The lowest BCUT2D eigenvalue weighted by molar-refractivity contribution is -0.235. The van der Waals surface area contributed by atoms with Crippen molar-refractivity contribution in [2.24, 2.45) is 56.2 Å². The average Bonchev–Trinajstić information content (AvgIpc) is 3.45. The highest BCUT2D eigenvalue weighted by atomic mass is 35.5. The van der Waals surface area contributed by atoms with E-state index in [1.165, 1.54) is 0 Å². The first-order chi connectivity index (χ1) is 28.8. The van der Waals surface area contributed by atoms with Crippen molar-refractivity contribution in [3.63, 3.8) is 0 Å². The smallest absolute Gasteiger partial charge is 0.410 e. The Kier molecular flexibility index (Phi) is 13.2. The van der Waals surface area contributed by atoms with Crippen LogP contribution in [0.15, 0.2) is 35.4 Å². The Bertz CT molecular complexity index is 1970. The molecule has 9 atom stereocenters. The standard InChI is InChI=1S/C53H80ClNO8/c1-32(2)42-36(56)28-53(39(57)31-55(45(60)63-47(6,7)8)30-33-16-18-34(54)19-17-33)27-26-51(14)35(43(42)53)20-21-38-50(13)24-23-40(49(11,12)37(50)22-25-52(38,51)15)61-41(58)29-48(9,10)44(59)62-46(3,4)5/h16-19,32,35,37-40,57H,20-31H2,1-15H3/t35-,37+,38-,39?,40+,50+,51-,52-,53+/m1/s1. The van der Waals surface area contributed by atoms with E-state index < -0.39 is 40.2 Å². The lowest BCUT2D eigenvalue weighted by atomic mass is 9.33. The molecule has 10 heteroatoms. The molecule has 0 aliphatic heterocycles. The number of halogens is 1. The second kappa shape index (κ2) is 16.8. The summed E-state index contributed by atoms with van der Waals surface area (Å²) >= 11 is 6.22. The summed E-state index contributed by atoms with van der Waals surface area (Å²) in [5.74, 6) is 0.263. The first kappa shape index (κ1) is 49.5. The van der Waals surface area contributed by atoms with Crippen LogP contribution in [0.2, 0.25) is 5.02 Å². The number of hydrogen-bond acceptors (Lipinski definition) is 8. The predicted octanol–water partition coefficient (Wildman–Crippen LogP) is 12.1. The summed E-state index contributed by atoms with van der Waals surface area (Å²) < 4.78 is 17.9. The lowest BCUT2D eigenvalue weighted by Gasteiger charge is -2.72. The van der Waals surface area contributed by atoms with Gasteiger partial charge in [0.1, 0.15) is 17.3 Å². The van der Waals surface area contributed by atoms with Gasteiger partial charge in [-0.3, -0.25) is 14.4 Å². The molecule has 4 fully saturated rings. The molecule has 1 unspecified atom stereocenters. The molecular weight excluding hydrogens is 814 g/mol. The fraction of sp³-hybridized carbons (Fsp3) is 0.774. The van der Waals surface area contributed by atoms with Gasteiger partial charge >= 0.3 is 18.0 Å². The Morgan fingerprint density at radius 2 is 1.43 bits per heavy atom. The summed E-state index contributed by atoms with van der Waals surface area (Å²) in [7, 11) is 0. The van der Waals surface area contributed by atoms with E-state index in [-0.39, 0.29) is 77.3 Å². The van der Waals surface area contributed by atoms with E-state index in [9.17, 15) is 24.3 Å². The van der Waals surface area contributed by atoms with Crippen molar-refractivity contribution >= 4 is 35.4 Å². The van der Waals surface area contributed by atoms with Gasteiger partial charge in [-0.05, 0) is 170 Å². The maximum Gasteiger partial charge on any atom is 0.410 e. The highest BCUT2D eigenvalue weighted by molar-refractivity contribution is 6.30. The topological polar surface area (TPSA) is 119 Å². The monoisotopic (exact) mass is 894 g/mol. The number of aliphatic hydroxyl groups is 1. The zero-order chi connectivity index (χ0) is 47.1. The number of esters is 2. The van der Waals surface area contributed by atoms with Gasteiger partial charge in [0.25, 0.3) is 0 Å². The van der Waals surface area contributed by atoms with Crippen molar-refractivity contribution in [3.05, 3.63) is 46.0 Å². The Morgan fingerprint density at radius 3 is 2.02 bits per heavy atom. The normalized spacial score (nSPS) is 33.4. The summed E-state index contributed by atoms with van der Waals surface area (Å²) in [5.41, 5.74) is -0.641. The number of benzene rings is 1. The molecule has 9 nitrogen and oxygen atoms in total. The van der Waals surface area contributed by atoms with E-state index in [1.807, 2.05) is 53.7 Å². The largest absolute Gasteiger partial charge is 0.462 e. The zero-order valence-corrected chi connectivity index (χ0v) is 42.1. The molecule has 0 spiro atoms. The second-order valence-corrected chi connectivity index (χ2v) is 25.2. The lowest BCUT2D eigenvalue weighted by Crippen LogP contribution is -2.66. The number of fused-ring (bicyclic) bond motifs is 7. The predicted molar refractivity (Wildman–Crippen MR) is 248 cm³/mol. The van der Waals surface area contributed by atoms with Crippen LogP contribution in [-0.2, 0) is 35.1 Å². The minimum Gasteiger partial charge on any atom is -0.462 e. The van der Waals surface area contributed by atoms with Crippen molar-refractivity contribution in [1.29, 1.82) is 0 Å². The van der Waals surface area contributed by atoms with E-state index in [4.69, 9.17) is 25.8 Å². The number of allylic oxidation sites excluding steroid dienone is 1. The van der Waals surface area contributed by atoms with Crippen LogP contribution in [0.25, 0.3) is 0 Å². The second-order valence-electron chi connectivity index (χ2n) is 24.8. The molecule has 5 aliphatic rings. The van der Waals surface area contributed by atoms with Crippen LogP contribution < -0.4 is 0 Å². The van der Waals surface area contributed by atoms with Gasteiger partial charge in [-0.15, -0.1) is 0 Å². The molecule has 0 saturated heterocycles. The van der Waals surface area contributed by atoms with E-state index in [0.29, 0.717) is 23.3 Å². The minimum atomic E-state index is -1.00. The van der Waals surface area contributed by atoms with Crippen LogP contribution >= 0.6 is 11.6 Å². The van der Waals surface area contributed by atoms with E-state index in [2.05, 4.69) is 48.5 Å². The molecule has 1 aromatic carbocycles. The summed E-state index contributed by atoms with van der Waals surface area (Å²) in [6.45, 7) is 31.2. The van der Waals surface area contributed by atoms with Crippen LogP contribution in [0.4, 0.5) is 4.79 Å². The van der Waals surface area contributed by atoms with E-state index in [1.54, 1.807) is 30.9 Å². The van der Waals surface area contributed by atoms with Gasteiger partial charge in [0.2, 0.25) is 0 Å². The number of Topliss-reactive ketones (excluding diaryl/α,β-unsaturated/α-hetero) is 1. The molecule has 0 heterocycles. The summed E-state index contributed by atoms with van der Waals surface area (Å²) in [6, 6.07) is 7.39. The summed E-state index contributed by atoms with van der Waals surface area (Å²) in [6.07, 6.45) is 5.76. The van der Waals surface area contributed by atoms with Gasteiger partial charge < -0.3 is 24.2 Å². The summed E-state index contributed by atoms with van der Waals surface area (Å²) in [4.78, 5) is 56.5. The first-order valence-electron chi connectivity index (χ1n) is 23.9. The third kappa shape index (κ3) is 9.02. The first-order valence-corrected chi connectivity index (χ1v) is 24.3. The number of aliphatic hydroxyl groups excluding tert-OH is 1. The van der Waals surface area contributed by atoms with Gasteiger partial charge in [0, 0.05) is 28.8 Å². The van der Waals surface area contributed by atoms with Gasteiger partial charge in [-0.1, -0.05) is 77.8 Å². The molecule has 63 heavy (non-hydrogen) atoms.